The Morgan fingerprint density at radius 1 is 1.28 bits per heavy atom. The number of aromatic nitrogens is 3. The van der Waals surface area contributed by atoms with Crippen molar-refractivity contribution in [3.05, 3.63) is 48.5 Å². The van der Waals surface area contributed by atoms with E-state index in [1.54, 1.807) is 24.3 Å². The minimum absolute atomic E-state index is 0.0558. The van der Waals surface area contributed by atoms with Gasteiger partial charge in [0.05, 0.1) is 0 Å². The van der Waals surface area contributed by atoms with Crippen LogP contribution in [0.25, 0.3) is 0 Å². The highest BCUT2D eigenvalue weighted by molar-refractivity contribution is 6.00. The van der Waals surface area contributed by atoms with Crippen molar-refractivity contribution in [2.75, 3.05) is 0 Å². The van der Waals surface area contributed by atoms with Gasteiger partial charge in [-0.2, -0.15) is 5.10 Å². The molecule has 5 heteroatoms. The van der Waals surface area contributed by atoms with Gasteiger partial charge < -0.3 is 0 Å². The Balaban J connectivity index is 2.30. The van der Waals surface area contributed by atoms with Gasteiger partial charge in [-0.25, -0.2) is 9.67 Å². The molecule has 2 aromatic rings. The molecular weight excluding hydrogens is 230 g/mol. The van der Waals surface area contributed by atoms with E-state index in [1.807, 2.05) is 6.07 Å². The second-order valence-electron chi connectivity index (χ2n) is 4.03. The number of hydrogen-bond acceptors (Lipinski definition) is 4. The summed E-state index contributed by atoms with van der Waals surface area (Å²) in [5.41, 5.74) is 0.569. The highest BCUT2D eigenvalue weighted by Gasteiger charge is 2.23. The number of Topliss-reactive ketones (excluding diaryl/α,β-unsaturated/α-hetero) is 2. The van der Waals surface area contributed by atoms with Crippen LogP contribution in [0.5, 0.6) is 0 Å². The molecule has 92 valence electrons. The lowest BCUT2D eigenvalue weighted by Gasteiger charge is -2.14. The standard InChI is InChI=1S/C13H13N3O2/c1-10(17)7-12(16-9-14-8-15-16)13(18)11-5-3-2-4-6-11/h2-6,8-9,12H,7H2,1H3. The van der Waals surface area contributed by atoms with Crippen LogP contribution in [0, 0.1) is 0 Å². The highest BCUT2D eigenvalue weighted by atomic mass is 16.1. The summed E-state index contributed by atoms with van der Waals surface area (Å²) < 4.78 is 1.43. The highest BCUT2D eigenvalue weighted by Crippen LogP contribution is 2.17. The van der Waals surface area contributed by atoms with Gasteiger partial charge in [0.25, 0.3) is 0 Å². The first kappa shape index (κ1) is 12.2. The van der Waals surface area contributed by atoms with Gasteiger partial charge >= 0.3 is 0 Å². The molecule has 0 aliphatic carbocycles. The fraction of sp³-hybridized carbons (Fsp3) is 0.231. The summed E-state index contributed by atoms with van der Waals surface area (Å²) in [6.07, 6.45) is 2.93. The van der Waals surface area contributed by atoms with Crippen molar-refractivity contribution >= 4 is 11.6 Å². The molecule has 18 heavy (non-hydrogen) atoms. The topological polar surface area (TPSA) is 64.8 Å². The molecule has 1 aromatic heterocycles. The average molecular weight is 243 g/mol. The van der Waals surface area contributed by atoms with E-state index in [1.165, 1.54) is 24.3 Å². The molecule has 1 atom stereocenters. The van der Waals surface area contributed by atoms with E-state index < -0.39 is 6.04 Å². The van der Waals surface area contributed by atoms with Gasteiger partial charge in [-0.05, 0) is 6.92 Å². The monoisotopic (exact) mass is 243 g/mol. The molecule has 2 rings (SSSR count). The molecule has 0 amide bonds. The van der Waals surface area contributed by atoms with Gasteiger partial charge in [-0.15, -0.1) is 0 Å². The Labute approximate surface area is 104 Å². The summed E-state index contributed by atoms with van der Waals surface area (Å²) in [7, 11) is 0. The largest absolute Gasteiger partial charge is 0.300 e. The smallest absolute Gasteiger partial charge is 0.187 e. The lowest BCUT2D eigenvalue weighted by Crippen LogP contribution is -2.22. The van der Waals surface area contributed by atoms with Crippen molar-refractivity contribution in [1.82, 2.24) is 14.8 Å². The van der Waals surface area contributed by atoms with Gasteiger partial charge in [0.15, 0.2) is 5.78 Å². The molecular formula is C13H13N3O2. The van der Waals surface area contributed by atoms with Crippen LogP contribution < -0.4 is 0 Å². The summed E-state index contributed by atoms with van der Waals surface area (Å²) in [5.74, 6) is -0.184. The number of rotatable bonds is 5. The molecule has 0 spiro atoms. The SMILES string of the molecule is CC(=O)CC(C(=O)c1ccccc1)n1cncn1. The van der Waals surface area contributed by atoms with Crippen molar-refractivity contribution in [3.8, 4) is 0 Å². The van der Waals surface area contributed by atoms with E-state index in [0.29, 0.717) is 5.56 Å². The summed E-state index contributed by atoms with van der Waals surface area (Å²) in [6.45, 7) is 1.46. The normalized spacial score (nSPS) is 12.1. The summed E-state index contributed by atoms with van der Waals surface area (Å²) in [6, 6.07) is 8.26. The van der Waals surface area contributed by atoms with Crippen molar-refractivity contribution in [2.45, 2.75) is 19.4 Å². The Morgan fingerprint density at radius 2 is 2.00 bits per heavy atom. The third-order valence-electron chi connectivity index (χ3n) is 2.60. The zero-order valence-corrected chi connectivity index (χ0v) is 9.98. The lowest BCUT2D eigenvalue weighted by molar-refractivity contribution is -0.117. The van der Waals surface area contributed by atoms with Crippen molar-refractivity contribution in [1.29, 1.82) is 0 Å². The van der Waals surface area contributed by atoms with Crippen molar-refractivity contribution < 1.29 is 9.59 Å². The Bertz CT molecular complexity index is 535. The van der Waals surface area contributed by atoms with Crippen LogP contribution in [-0.2, 0) is 4.79 Å². The average Bonchev–Trinajstić information content (AvgIpc) is 2.89. The molecule has 0 saturated heterocycles. The van der Waals surface area contributed by atoms with Gasteiger partial charge in [0.1, 0.15) is 24.5 Å². The second-order valence-corrected chi connectivity index (χ2v) is 4.03. The molecule has 0 saturated carbocycles. The first-order valence-corrected chi connectivity index (χ1v) is 5.61. The van der Waals surface area contributed by atoms with Crippen LogP contribution in [0.2, 0.25) is 0 Å². The number of ketones is 2. The molecule has 0 aliphatic heterocycles. The number of nitrogens with zero attached hydrogens (tertiary/aromatic N) is 3. The summed E-state index contributed by atoms with van der Waals surface area (Å²) in [5, 5.41) is 3.95. The van der Waals surface area contributed by atoms with Crippen LogP contribution >= 0.6 is 0 Å². The van der Waals surface area contributed by atoms with Gasteiger partial charge in [-0.1, -0.05) is 30.3 Å². The maximum atomic E-state index is 12.3. The molecule has 5 nitrogen and oxygen atoms in total. The van der Waals surface area contributed by atoms with E-state index >= 15 is 0 Å². The maximum absolute atomic E-state index is 12.3. The minimum atomic E-state index is -0.618. The third kappa shape index (κ3) is 2.68. The van der Waals surface area contributed by atoms with Crippen molar-refractivity contribution in [2.24, 2.45) is 0 Å². The molecule has 1 heterocycles. The molecule has 0 N–H and O–H groups in total. The number of carbonyl (C=O) groups excluding carboxylic acids is 2. The summed E-state index contributed by atoms with van der Waals surface area (Å²) >= 11 is 0. The molecule has 0 aliphatic rings. The van der Waals surface area contributed by atoms with E-state index in [-0.39, 0.29) is 18.0 Å². The van der Waals surface area contributed by atoms with Gasteiger partial charge in [-0.3, -0.25) is 9.59 Å². The van der Waals surface area contributed by atoms with E-state index in [9.17, 15) is 9.59 Å². The van der Waals surface area contributed by atoms with Crippen LogP contribution in [0.15, 0.2) is 43.0 Å². The van der Waals surface area contributed by atoms with Crippen LogP contribution in [0.3, 0.4) is 0 Å². The van der Waals surface area contributed by atoms with Gasteiger partial charge in [0.2, 0.25) is 0 Å². The van der Waals surface area contributed by atoms with Crippen LogP contribution in [0.1, 0.15) is 29.7 Å². The fourth-order valence-corrected chi connectivity index (χ4v) is 1.75. The maximum Gasteiger partial charge on any atom is 0.187 e. The molecule has 1 aromatic carbocycles. The van der Waals surface area contributed by atoms with Crippen LogP contribution in [0.4, 0.5) is 0 Å². The lowest BCUT2D eigenvalue weighted by atomic mass is 10.0. The predicted molar refractivity (Wildman–Crippen MR) is 65.1 cm³/mol. The minimum Gasteiger partial charge on any atom is -0.300 e. The Hall–Kier alpha value is -2.30. The number of benzene rings is 1. The van der Waals surface area contributed by atoms with E-state index in [4.69, 9.17) is 0 Å². The molecule has 0 fully saturated rings. The fourth-order valence-electron chi connectivity index (χ4n) is 1.75. The zero-order chi connectivity index (χ0) is 13.0. The van der Waals surface area contributed by atoms with Gasteiger partial charge in [0, 0.05) is 12.0 Å². The first-order chi connectivity index (χ1) is 8.68. The Morgan fingerprint density at radius 3 is 2.56 bits per heavy atom. The molecule has 0 radical (unpaired) electrons. The molecule has 1 unspecified atom stereocenters. The number of hydrogen-bond donors (Lipinski definition) is 0. The number of carbonyl (C=O) groups is 2. The first-order valence-electron chi connectivity index (χ1n) is 5.61. The van der Waals surface area contributed by atoms with Crippen LogP contribution in [-0.4, -0.2) is 26.3 Å². The predicted octanol–water partition coefficient (Wildman–Crippen LogP) is 1.68. The third-order valence-corrected chi connectivity index (χ3v) is 2.60. The quantitative estimate of drug-likeness (QED) is 0.749. The summed E-state index contributed by atoms with van der Waals surface area (Å²) in [4.78, 5) is 27.4. The Kier molecular flexibility index (Phi) is 3.62. The van der Waals surface area contributed by atoms with E-state index in [2.05, 4.69) is 10.1 Å². The van der Waals surface area contributed by atoms with E-state index in [0.717, 1.165) is 0 Å². The second kappa shape index (κ2) is 5.35. The molecule has 0 bridgehead atoms. The van der Waals surface area contributed by atoms with Crippen molar-refractivity contribution in [3.63, 3.8) is 0 Å². The zero-order valence-electron chi connectivity index (χ0n) is 9.98.